The van der Waals surface area contributed by atoms with Crippen LogP contribution in [0, 0.1) is 13.8 Å². The highest BCUT2D eigenvalue weighted by molar-refractivity contribution is 5.62. The van der Waals surface area contributed by atoms with E-state index in [1.165, 1.54) is 11.1 Å². The zero-order valence-corrected chi connectivity index (χ0v) is 11.8. The first kappa shape index (κ1) is 12.8. The summed E-state index contributed by atoms with van der Waals surface area (Å²) in [6.07, 6.45) is 2.63. The summed E-state index contributed by atoms with van der Waals surface area (Å²) in [7, 11) is 0. The average Bonchev–Trinajstić information content (AvgIpc) is 2.85. The molecule has 0 saturated heterocycles. The van der Waals surface area contributed by atoms with E-state index >= 15 is 0 Å². The van der Waals surface area contributed by atoms with E-state index in [2.05, 4.69) is 37.0 Å². The van der Waals surface area contributed by atoms with Crippen molar-refractivity contribution < 1.29 is 0 Å². The Hall–Kier alpha value is -2.20. The van der Waals surface area contributed by atoms with Gasteiger partial charge in [-0.25, -0.2) is 9.50 Å². The molecule has 0 atom stereocenters. The summed E-state index contributed by atoms with van der Waals surface area (Å²) in [6, 6.07) is 10.4. The van der Waals surface area contributed by atoms with Crippen molar-refractivity contribution in [2.45, 2.75) is 20.3 Å². The normalized spacial score (nSPS) is 11.2. The largest absolute Gasteiger partial charge is 0.330 e. The maximum Gasteiger partial charge on any atom is 0.153 e. The number of hydrogen-bond acceptors (Lipinski definition) is 3. The summed E-state index contributed by atoms with van der Waals surface area (Å²) in [5, 5.41) is 4.69. The van der Waals surface area contributed by atoms with Crippen LogP contribution in [-0.4, -0.2) is 21.1 Å². The Morgan fingerprint density at radius 3 is 2.70 bits per heavy atom. The fourth-order valence-corrected chi connectivity index (χ4v) is 2.29. The fourth-order valence-electron chi connectivity index (χ4n) is 2.29. The van der Waals surface area contributed by atoms with Gasteiger partial charge in [0.2, 0.25) is 0 Å². The predicted molar refractivity (Wildman–Crippen MR) is 80.7 cm³/mol. The van der Waals surface area contributed by atoms with Crippen LogP contribution in [0.1, 0.15) is 16.8 Å². The predicted octanol–water partition coefficient (Wildman–Crippen LogP) is 2.51. The number of nitrogens with zero attached hydrogens (tertiary/aromatic N) is 3. The second-order valence-corrected chi connectivity index (χ2v) is 5.08. The number of aryl methyl sites for hydroxylation is 2. The Morgan fingerprint density at radius 2 is 1.95 bits per heavy atom. The molecule has 2 heterocycles. The van der Waals surface area contributed by atoms with E-state index < -0.39 is 0 Å². The summed E-state index contributed by atoms with van der Waals surface area (Å²) >= 11 is 0. The number of nitrogens with two attached hydrogens (primary N) is 1. The van der Waals surface area contributed by atoms with Gasteiger partial charge in [0, 0.05) is 12.0 Å². The van der Waals surface area contributed by atoms with Gasteiger partial charge in [-0.05, 0) is 49.7 Å². The standard InChI is InChI=1S/C16H18N4/c1-11-3-4-13(9-12(11)2)15-5-6-16-18-10-14(7-8-17)20(16)19-15/h3-6,9-10H,7-8,17H2,1-2H3. The highest BCUT2D eigenvalue weighted by Gasteiger charge is 2.07. The molecule has 0 spiro atoms. The Morgan fingerprint density at radius 1 is 1.10 bits per heavy atom. The summed E-state index contributed by atoms with van der Waals surface area (Å²) < 4.78 is 1.89. The Labute approximate surface area is 118 Å². The van der Waals surface area contributed by atoms with Crippen LogP contribution in [0.3, 0.4) is 0 Å². The van der Waals surface area contributed by atoms with Gasteiger partial charge in [-0.1, -0.05) is 12.1 Å². The molecule has 20 heavy (non-hydrogen) atoms. The first-order valence-corrected chi connectivity index (χ1v) is 6.80. The van der Waals surface area contributed by atoms with Gasteiger partial charge in [0.25, 0.3) is 0 Å². The highest BCUT2D eigenvalue weighted by Crippen LogP contribution is 2.21. The van der Waals surface area contributed by atoms with Gasteiger partial charge in [0.1, 0.15) is 0 Å². The van der Waals surface area contributed by atoms with Crippen LogP contribution in [-0.2, 0) is 6.42 Å². The molecule has 0 amide bonds. The van der Waals surface area contributed by atoms with Gasteiger partial charge >= 0.3 is 0 Å². The second-order valence-electron chi connectivity index (χ2n) is 5.08. The van der Waals surface area contributed by atoms with Crippen molar-refractivity contribution in [3.05, 3.63) is 53.3 Å². The molecule has 2 aromatic heterocycles. The molecule has 0 radical (unpaired) electrons. The van der Waals surface area contributed by atoms with Crippen LogP contribution in [0.15, 0.2) is 36.5 Å². The minimum Gasteiger partial charge on any atom is -0.330 e. The molecule has 0 fully saturated rings. The van der Waals surface area contributed by atoms with E-state index in [1.54, 1.807) is 0 Å². The minimum atomic E-state index is 0.601. The third-order valence-corrected chi connectivity index (χ3v) is 3.64. The molecule has 2 N–H and O–H groups in total. The van der Waals surface area contributed by atoms with E-state index in [-0.39, 0.29) is 0 Å². The van der Waals surface area contributed by atoms with Gasteiger partial charge in [0.15, 0.2) is 5.65 Å². The van der Waals surface area contributed by atoms with Gasteiger partial charge in [0.05, 0.1) is 17.6 Å². The molecule has 0 saturated carbocycles. The molecule has 4 heteroatoms. The monoisotopic (exact) mass is 266 g/mol. The van der Waals surface area contributed by atoms with Crippen LogP contribution in [0.5, 0.6) is 0 Å². The van der Waals surface area contributed by atoms with Crippen molar-refractivity contribution in [3.8, 4) is 11.3 Å². The lowest BCUT2D eigenvalue weighted by molar-refractivity contribution is 0.830. The molecule has 3 rings (SSSR count). The maximum absolute atomic E-state index is 5.63. The lowest BCUT2D eigenvalue weighted by Crippen LogP contribution is -2.06. The summed E-state index contributed by atoms with van der Waals surface area (Å²) in [4.78, 5) is 4.35. The highest BCUT2D eigenvalue weighted by atomic mass is 15.3. The van der Waals surface area contributed by atoms with Crippen LogP contribution in [0.2, 0.25) is 0 Å². The number of benzene rings is 1. The van der Waals surface area contributed by atoms with E-state index in [4.69, 9.17) is 10.8 Å². The molecule has 102 valence electrons. The minimum absolute atomic E-state index is 0.601. The van der Waals surface area contributed by atoms with Crippen LogP contribution in [0.4, 0.5) is 0 Å². The topological polar surface area (TPSA) is 56.2 Å². The molecule has 0 aliphatic heterocycles. The molecular weight excluding hydrogens is 248 g/mol. The molecule has 0 aliphatic rings. The molecular formula is C16H18N4. The molecule has 1 aromatic carbocycles. The van der Waals surface area contributed by atoms with E-state index in [0.29, 0.717) is 6.54 Å². The van der Waals surface area contributed by atoms with Crippen molar-refractivity contribution in [3.63, 3.8) is 0 Å². The van der Waals surface area contributed by atoms with E-state index in [0.717, 1.165) is 29.0 Å². The Kier molecular flexibility index (Phi) is 3.24. The molecule has 0 unspecified atom stereocenters. The fraction of sp³-hybridized carbons (Fsp3) is 0.250. The average molecular weight is 266 g/mol. The van der Waals surface area contributed by atoms with Crippen LogP contribution in [0.25, 0.3) is 16.9 Å². The number of imidazole rings is 1. The molecule has 3 aromatic rings. The zero-order valence-electron chi connectivity index (χ0n) is 11.8. The van der Waals surface area contributed by atoms with Gasteiger partial charge in [-0.2, -0.15) is 5.10 Å². The van der Waals surface area contributed by atoms with Crippen molar-refractivity contribution >= 4 is 5.65 Å². The second kappa shape index (κ2) is 5.06. The SMILES string of the molecule is Cc1ccc(-c2ccc3ncc(CCN)n3n2)cc1C. The summed E-state index contributed by atoms with van der Waals surface area (Å²) in [5.74, 6) is 0. The molecule has 0 bridgehead atoms. The number of fused-ring (bicyclic) bond motifs is 1. The quantitative estimate of drug-likeness (QED) is 0.792. The van der Waals surface area contributed by atoms with Crippen LogP contribution >= 0.6 is 0 Å². The number of aromatic nitrogens is 3. The van der Waals surface area contributed by atoms with Gasteiger partial charge in [-0.3, -0.25) is 0 Å². The first-order valence-electron chi connectivity index (χ1n) is 6.80. The Balaban J connectivity index is 2.11. The van der Waals surface area contributed by atoms with Crippen molar-refractivity contribution in [1.82, 2.24) is 14.6 Å². The smallest absolute Gasteiger partial charge is 0.153 e. The number of hydrogen-bond donors (Lipinski definition) is 1. The molecule has 0 aliphatic carbocycles. The third-order valence-electron chi connectivity index (χ3n) is 3.64. The van der Waals surface area contributed by atoms with E-state index in [9.17, 15) is 0 Å². The van der Waals surface area contributed by atoms with Gasteiger partial charge < -0.3 is 5.73 Å². The van der Waals surface area contributed by atoms with Crippen molar-refractivity contribution in [2.24, 2.45) is 5.73 Å². The maximum atomic E-state index is 5.63. The van der Waals surface area contributed by atoms with Gasteiger partial charge in [-0.15, -0.1) is 0 Å². The first-order chi connectivity index (χ1) is 9.69. The van der Waals surface area contributed by atoms with Crippen molar-refractivity contribution in [2.75, 3.05) is 6.54 Å². The van der Waals surface area contributed by atoms with Crippen LogP contribution < -0.4 is 5.73 Å². The van der Waals surface area contributed by atoms with E-state index in [1.807, 2.05) is 22.8 Å². The molecule has 4 nitrogen and oxygen atoms in total. The lowest BCUT2D eigenvalue weighted by Gasteiger charge is -2.06. The zero-order chi connectivity index (χ0) is 14.1. The Bertz CT molecular complexity index is 758. The van der Waals surface area contributed by atoms with Crippen molar-refractivity contribution in [1.29, 1.82) is 0 Å². The summed E-state index contributed by atoms with van der Waals surface area (Å²) in [5.41, 5.74) is 12.2. The third kappa shape index (κ3) is 2.18. The number of rotatable bonds is 3. The summed E-state index contributed by atoms with van der Waals surface area (Å²) in [6.45, 7) is 4.84. The lowest BCUT2D eigenvalue weighted by atomic mass is 10.0.